The van der Waals surface area contributed by atoms with Gasteiger partial charge in [-0.1, -0.05) is 6.07 Å². The monoisotopic (exact) mass is 390 g/mol. The van der Waals surface area contributed by atoms with Gasteiger partial charge >= 0.3 is 5.97 Å². The van der Waals surface area contributed by atoms with Crippen molar-refractivity contribution in [1.29, 1.82) is 0 Å². The van der Waals surface area contributed by atoms with Crippen molar-refractivity contribution in [2.24, 2.45) is 0 Å². The molecule has 0 unspecified atom stereocenters. The summed E-state index contributed by atoms with van der Waals surface area (Å²) in [6.07, 6.45) is 2.04. The molecule has 1 N–H and O–H groups in total. The first-order chi connectivity index (χ1) is 13.0. The number of esters is 1. The fraction of sp³-hybridized carbons (Fsp3) is 0.333. The Morgan fingerprint density at radius 3 is 2.81 bits per heavy atom. The standard InChI is InChI=1S/C18H18N2O6S/c1-2-25-18(22)16-14(11-6-7-11)10-27-17(16)19-15(21)9-26-13-5-3-4-12(8-13)20(23)24/h3-5,8,10-11H,2,6-7,9H2,1H3,(H,19,21). The lowest BCUT2D eigenvalue weighted by atomic mass is 10.1. The van der Waals surface area contributed by atoms with Crippen LogP contribution in [0.5, 0.6) is 5.75 Å². The Bertz CT molecular complexity index is 874. The van der Waals surface area contributed by atoms with Crippen LogP contribution in [-0.2, 0) is 9.53 Å². The molecule has 1 aromatic heterocycles. The summed E-state index contributed by atoms with van der Waals surface area (Å²) < 4.78 is 10.4. The van der Waals surface area contributed by atoms with Crippen molar-refractivity contribution >= 4 is 33.9 Å². The van der Waals surface area contributed by atoms with Gasteiger partial charge in [0.05, 0.1) is 23.2 Å². The molecule has 0 spiro atoms. The second kappa shape index (κ2) is 8.17. The zero-order chi connectivity index (χ0) is 19.4. The third-order valence-electron chi connectivity index (χ3n) is 3.97. The van der Waals surface area contributed by atoms with Crippen LogP contribution < -0.4 is 10.1 Å². The molecule has 8 nitrogen and oxygen atoms in total. The summed E-state index contributed by atoms with van der Waals surface area (Å²) in [6.45, 7) is 1.65. The topological polar surface area (TPSA) is 108 Å². The highest BCUT2D eigenvalue weighted by atomic mass is 32.1. The largest absolute Gasteiger partial charge is 0.484 e. The molecule has 0 saturated heterocycles. The number of carbonyl (C=O) groups is 2. The van der Waals surface area contributed by atoms with Crippen LogP contribution in [0.25, 0.3) is 0 Å². The van der Waals surface area contributed by atoms with Crippen LogP contribution in [0, 0.1) is 10.1 Å². The SMILES string of the molecule is CCOC(=O)c1c(C2CC2)csc1NC(=O)COc1cccc([N+](=O)[O-])c1. The summed E-state index contributed by atoms with van der Waals surface area (Å²) in [4.78, 5) is 34.7. The van der Waals surface area contributed by atoms with E-state index in [9.17, 15) is 19.7 Å². The second-order valence-corrected chi connectivity index (χ2v) is 6.86. The van der Waals surface area contributed by atoms with Crippen LogP contribution in [0.4, 0.5) is 10.7 Å². The van der Waals surface area contributed by atoms with Gasteiger partial charge in [-0.3, -0.25) is 14.9 Å². The fourth-order valence-corrected chi connectivity index (χ4v) is 3.62. The Morgan fingerprint density at radius 1 is 1.37 bits per heavy atom. The number of hydrogen-bond acceptors (Lipinski definition) is 7. The van der Waals surface area contributed by atoms with Crippen molar-refractivity contribution in [2.45, 2.75) is 25.7 Å². The quantitative estimate of drug-likeness (QED) is 0.418. The number of anilines is 1. The van der Waals surface area contributed by atoms with Gasteiger partial charge in [0.2, 0.25) is 0 Å². The minimum atomic E-state index is -0.538. The molecule has 1 aromatic carbocycles. The highest BCUT2D eigenvalue weighted by molar-refractivity contribution is 7.15. The van der Waals surface area contributed by atoms with Crippen LogP contribution in [0.3, 0.4) is 0 Å². The van der Waals surface area contributed by atoms with E-state index in [4.69, 9.17) is 9.47 Å². The Balaban J connectivity index is 1.66. The summed E-state index contributed by atoms with van der Waals surface area (Å²) in [7, 11) is 0. The first kappa shape index (κ1) is 18.8. The first-order valence-electron chi connectivity index (χ1n) is 8.45. The molecule has 2 aromatic rings. The normalized spacial score (nSPS) is 13.1. The van der Waals surface area contributed by atoms with Crippen LogP contribution in [0.1, 0.15) is 41.6 Å². The highest BCUT2D eigenvalue weighted by Gasteiger charge is 2.32. The molecule has 1 heterocycles. The van der Waals surface area contributed by atoms with Crippen molar-refractivity contribution in [3.63, 3.8) is 0 Å². The van der Waals surface area contributed by atoms with Gasteiger partial charge in [0, 0.05) is 6.07 Å². The molecule has 9 heteroatoms. The molecule has 0 radical (unpaired) electrons. The van der Waals surface area contributed by atoms with Crippen molar-refractivity contribution in [3.05, 3.63) is 50.9 Å². The van der Waals surface area contributed by atoms with Crippen LogP contribution >= 0.6 is 11.3 Å². The predicted molar refractivity (Wildman–Crippen MR) is 99.5 cm³/mol. The number of nitro groups is 1. The molecule has 1 aliphatic rings. The second-order valence-electron chi connectivity index (χ2n) is 5.98. The Hall–Kier alpha value is -2.94. The van der Waals surface area contributed by atoms with E-state index in [-0.39, 0.29) is 24.7 Å². The van der Waals surface area contributed by atoms with Gasteiger partial charge in [-0.05, 0) is 42.7 Å². The molecule has 142 valence electrons. The molecular weight excluding hydrogens is 372 g/mol. The van der Waals surface area contributed by atoms with Gasteiger partial charge in [0.25, 0.3) is 11.6 Å². The Kier molecular flexibility index (Phi) is 5.70. The number of non-ortho nitro benzene ring substituents is 1. The van der Waals surface area contributed by atoms with Crippen LogP contribution in [0.2, 0.25) is 0 Å². The number of carbonyl (C=O) groups excluding carboxylic acids is 2. The van der Waals surface area contributed by atoms with Crippen molar-refractivity contribution in [3.8, 4) is 5.75 Å². The Morgan fingerprint density at radius 2 is 2.15 bits per heavy atom. The van der Waals surface area contributed by atoms with E-state index in [2.05, 4.69) is 5.32 Å². The van der Waals surface area contributed by atoms with Gasteiger partial charge in [0.1, 0.15) is 10.8 Å². The molecule has 1 amide bonds. The number of nitrogens with zero attached hydrogens (tertiary/aromatic N) is 1. The molecule has 0 bridgehead atoms. The molecule has 27 heavy (non-hydrogen) atoms. The van der Waals surface area contributed by atoms with Crippen molar-refractivity contribution < 1.29 is 24.0 Å². The smallest absolute Gasteiger partial charge is 0.341 e. The number of nitrogens with one attached hydrogen (secondary N) is 1. The Labute approximate surface area is 159 Å². The predicted octanol–water partition coefficient (Wildman–Crippen LogP) is 3.73. The number of thiophene rings is 1. The maximum absolute atomic E-state index is 12.3. The lowest BCUT2D eigenvalue weighted by molar-refractivity contribution is -0.384. The number of hydrogen-bond donors (Lipinski definition) is 1. The lowest BCUT2D eigenvalue weighted by Gasteiger charge is -2.09. The minimum Gasteiger partial charge on any atom is -0.484 e. The number of rotatable bonds is 8. The fourth-order valence-electron chi connectivity index (χ4n) is 2.57. The zero-order valence-electron chi connectivity index (χ0n) is 14.6. The number of amides is 1. The van der Waals surface area contributed by atoms with E-state index >= 15 is 0 Å². The van der Waals surface area contributed by atoms with E-state index in [1.54, 1.807) is 6.92 Å². The maximum atomic E-state index is 12.3. The van der Waals surface area contributed by atoms with E-state index < -0.39 is 16.8 Å². The minimum absolute atomic E-state index is 0.121. The molecular formula is C18H18N2O6S. The van der Waals surface area contributed by atoms with Gasteiger partial charge in [0.15, 0.2) is 6.61 Å². The summed E-state index contributed by atoms with van der Waals surface area (Å²) in [5.41, 5.74) is 1.20. The molecule has 1 saturated carbocycles. The molecule has 0 aliphatic heterocycles. The summed E-state index contributed by atoms with van der Waals surface area (Å²) in [5, 5.41) is 15.8. The average Bonchev–Trinajstić information content (AvgIpc) is 3.41. The van der Waals surface area contributed by atoms with E-state index in [1.165, 1.54) is 35.6 Å². The molecule has 0 atom stereocenters. The molecule has 1 aliphatic carbocycles. The van der Waals surface area contributed by atoms with Crippen molar-refractivity contribution in [1.82, 2.24) is 0 Å². The summed E-state index contributed by atoms with van der Waals surface area (Å²) >= 11 is 1.28. The first-order valence-corrected chi connectivity index (χ1v) is 9.33. The number of benzene rings is 1. The number of nitro benzene ring substituents is 1. The van der Waals surface area contributed by atoms with Gasteiger partial charge in [-0.15, -0.1) is 11.3 Å². The maximum Gasteiger partial charge on any atom is 0.341 e. The molecule has 3 rings (SSSR count). The van der Waals surface area contributed by atoms with Gasteiger partial charge in [-0.25, -0.2) is 4.79 Å². The number of ether oxygens (including phenoxy) is 2. The summed E-state index contributed by atoms with van der Waals surface area (Å²) in [6, 6.07) is 5.59. The third-order valence-corrected chi connectivity index (χ3v) is 4.88. The highest BCUT2D eigenvalue weighted by Crippen LogP contribution is 2.46. The summed E-state index contributed by atoms with van der Waals surface area (Å²) in [5.74, 6) is -0.353. The van der Waals surface area contributed by atoms with Crippen LogP contribution in [-0.4, -0.2) is 30.0 Å². The van der Waals surface area contributed by atoms with Crippen LogP contribution in [0.15, 0.2) is 29.6 Å². The van der Waals surface area contributed by atoms with Gasteiger partial charge in [-0.2, -0.15) is 0 Å². The lowest BCUT2D eigenvalue weighted by Crippen LogP contribution is -2.21. The van der Waals surface area contributed by atoms with E-state index in [0.717, 1.165) is 18.4 Å². The molecule has 1 fully saturated rings. The average molecular weight is 390 g/mol. The van der Waals surface area contributed by atoms with E-state index in [0.29, 0.717) is 16.5 Å². The van der Waals surface area contributed by atoms with E-state index in [1.807, 2.05) is 5.38 Å². The van der Waals surface area contributed by atoms with Crippen molar-refractivity contribution in [2.75, 3.05) is 18.5 Å². The third kappa shape index (κ3) is 4.62. The zero-order valence-corrected chi connectivity index (χ0v) is 15.4. The van der Waals surface area contributed by atoms with Gasteiger partial charge < -0.3 is 14.8 Å².